The van der Waals surface area contributed by atoms with Gasteiger partial charge in [-0.1, -0.05) is 41.6 Å². The second-order valence-electron chi connectivity index (χ2n) is 8.20. The van der Waals surface area contributed by atoms with Gasteiger partial charge >= 0.3 is 0 Å². The Balaban J connectivity index is 1.57. The zero-order valence-corrected chi connectivity index (χ0v) is 20.4. The molecule has 2 aromatic heterocycles. The molecule has 3 aromatic rings. The van der Waals surface area contributed by atoms with Crippen molar-refractivity contribution in [1.29, 1.82) is 0 Å². The molecule has 4 rings (SSSR count). The van der Waals surface area contributed by atoms with Gasteiger partial charge in [-0.3, -0.25) is 14.2 Å². The highest BCUT2D eigenvalue weighted by Crippen LogP contribution is 2.35. The average molecular weight is 472 g/mol. The summed E-state index contributed by atoms with van der Waals surface area (Å²) in [5, 5.41) is 3.96. The topological polar surface area (TPSA) is 73.2 Å². The fourth-order valence-corrected chi connectivity index (χ4v) is 6.20. The minimum atomic E-state index is -0.381. The molecule has 1 unspecified atom stereocenters. The number of nitrogens with zero attached hydrogens (tertiary/aromatic N) is 2. The molecule has 1 aliphatic rings. The number of benzene rings is 1. The summed E-state index contributed by atoms with van der Waals surface area (Å²) < 4.78 is 6.92. The smallest absolute Gasteiger partial charge is 0.263 e. The number of nitrogens with one attached hydrogen (secondary N) is 1. The quantitative estimate of drug-likeness (QED) is 0.396. The molecule has 0 saturated heterocycles. The van der Waals surface area contributed by atoms with Crippen LogP contribution in [0.3, 0.4) is 0 Å². The van der Waals surface area contributed by atoms with Crippen LogP contribution in [0.4, 0.5) is 0 Å². The molecule has 0 fully saturated rings. The van der Waals surface area contributed by atoms with E-state index in [1.807, 2.05) is 38.1 Å². The standard InChI is InChI=1S/C24H29N3O3S2/c1-15-8-10-17(11-9-15)14-25-21(28)16(2)31-24-26-22-20(23(29)27(24)12-13-30-3)18-6-4-5-7-19(18)32-22/h8-11,16H,4-7,12-14H2,1-3H3,(H,25,28). The molecule has 0 saturated carbocycles. The van der Waals surface area contributed by atoms with Crippen LogP contribution in [0.25, 0.3) is 10.2 Å². The van der Waals surface area contributed by atoms with Crippen molar-refractivity contribution in [3.05, 3.63) is 56.2 Å². The van der Waals surface area contributed by atoms with Gasteiger partial charge in [0.15, 0.2) is 5.16 Å². The number of thioether (sulfide) groups is 1. The third kappa shape index (κ3) is 4.92. The third-order valence-corrected chi connectivity index (χ3v) is 8.07. The Kier molecular flexibility index (Phi) is 7.33. The number of carbonyl (C=O) groups excluding carboxylic acids is 1. The largest absolute Gasteiger partial charge is 0.383 e. The Morgan fingerprint density at radius 1 is 1.28 bits per heavy atom. The van der Waals surface area contributed by atoms with E-state index in [9.17, 15) is 9.59 Å². The van der Waals surface area contributed by atoms with Gasteiger partial charge in [0.1, 0.15) is 4.83 Å². The fourth-order valence-electron chi connectivity index (χ4n) is 3.94. The Hall–Kier alpha value is -2.16. The van der Waals surface area contributed by atoms with E-state index in [4.69, 9.17) is 9.72 Å². The Morgan fingerprint density at radius 2 is 2.03 bits per heavy atom. The summed E-state index contributed by atoms with van der Waals surface area (Å²) in [5.74, 6) is -0.0753. The minimum Gasteiger partial charge on any atom is -0.383 e. The van der Waals surface area contributed by atoms with Gasteiger partial charge in [-0.2, -0.15) is 0 Å². The van der Waals surface area contributed by atoms with E-state index in [1.54, 1.807) is 23.0 Å². The molecule has 2 heterocycles. The summed E-state index contributed by atoms with van der Waals surface area (Å²) in [5.41, 5.74) is 3.41. The summed E-state index contributed by atoms with van der Waals surface area (Å²) in [4.78, 5) is 33.1. The fraction of sp³-hybridized carbons (Fsp3) is 0.458. The van der Waals surface area contributed by atoms with Crippen LogP contribution in [0.15, 0.2) is 34.2 Å². The van der Waals surface area contributed by atoms with Crippen LogP contribution in [0.1, 0.15) is 41.3 Å². The molecule has 1 N–H and O–H groups in total. The van der Waals surface area contributed by atoms with Gasteiger partial charge in [-0.25, -0.2) is 4.98 Å². The molecule has 32 heavy (non-hydrogen) atoms. The maximum atomic E-state index is 13.4. The van der Waals surface area contributed by atoms with E-state index >= 15 is 0 Å². The van der Waals surface area contributed by atoms with Crippen LogP contribution in [0.2, 0.25) is 0 Å². The van der Waals surface area contributed by atoms with Gasteiger partial charge in [0.05, 0.1) is 23.8 Å². The normalized spacial score (nSPS) is 14.3. The van der Waals surface area contributed by atoms with Crippen LogP contribution < -0.4 is 10.9 Å². The van der Waals surface area contributed by atoms with E-state index in [2.05, 4.69) is 5.32 Å². The van der Waals surface area contributed by atoms with Crippen molar-refractivity contribution < 1.29 is 9.53 Å². The lowest BCUT2D eigenvalue weighted by Crippen LogP contribution is -2.32. The van der Waals surface area contributed by atoms with Crippen molar-refractivity contribution in [1.82, 2.24) is 14.9 Å². The second kappa shape index (κ2) is 10.2. The minimum absolute atomic E-state index is 0.0128. The van der Waals surface area contributed by atoms with Gasteiger partial charge < -0.3 is 10.1 Å². The molecule has 1 amide bonds. The van der Waals surface area contributed by atoms with Crippen molar-refractivity contribution in [3.63, 3.8) is 0 Å². The molecule has 0 aliphatic heterocycles. The summed E-state index contributed by atoms with van der Waals surface area (Å²) in [7, 11) is 1.62. The number of hydrogen-bond donors (Lipinski definition) is 1. The number of ether oxygens (including phenoxy) is 1. The zero-order valence-electron chi connectivity index (χ0n) is 18.8. The van der Waals surface area contributed by atoms with Crippen LogP contribution in [-0.4, -0.2) is 34.4 Å². The lowest BCUT2D eigenvalue weighted by atomic mass is 9.97. The molecular weight excluding hydrogens is 442 g/mol. The average Bonchev–Trinajstić information content (AvgIpc) is 3.16. The van der Waals surface area contributed by atoms with Crippen molar-refractivity contribution in [2.24, 2.45) is 0 Å². The number of fused-ring (bicyclic) bond motifs is 3. The number of carbonyl (C=O) groups is 1. The first kappa shape index (κ1) is 23.0. The van der Waals surface area contributed by atoms with Crippen LogP contribution in [0.5, 0.6) is 0 Å². The first-order chi connectivity index (χ1) is 15.5. The number of hydrogen-bond acceptors (Lipinski definition) is 6. The first-order valence-electron chi connectivity index (χ1n) is 11.0. The van der Waals surface area contributed by atoms with Gasteiger partial charge in [-0.15, -0.1) is 11.3 Å². The summed E-state index contributed by atoms with van der Waals surface area (Å²) in [6.45, 7) is 5.21. The summed E-state index contributed by atoms with van der Waals surface area (Å²) in [6.07, 6.45) is 4.25. The Labute approximate surface area is 196 Å². The van der Waals surface area contributed by atoms with E-state index in [0.717, 1.165) is 41.5 Å². The maximum absolute atomic E-state index is 13.4. The molecule has 8 heteroatoms. The highest BCUT2D eigenvalue weighted by atomic mass is 32.2. The molecule has 0 spiro atoms. The van der Waals surface area contributed by atoms with E-state index in [-0.39, 0.29) is 16.7 Å². The number of rotatable bonds is 8. The van der Waals surface area contributed by atoms with Gasteiger partial charge in [0.2, 0.25) is 5.91 Å². The van der Waals surface area contributed by atoms with Crippen molar-refractivity contribution in [2.45, 2.75) is 63.0 Å². The summed E-state index contributed by atoms with van der Waals surface area (Å²) in [6, 6.07) is 8.11. The molecule has 170 valence electrons. The van der Waals surface area contributed by atoms with Crippen LogP contribution in [0, 0.1) is 6.92 Å². The van der Waals surface area contributed by atoms with Gasteiger partial charge in [0.25, 0.3) is 5.56 Å². The molecule has 0 bridgehead atoms. The van der Waals surface area contributed by atoms with Crippen molar-refractivity contribution in [3.8, 4) is 0 Å². The number of aromatic nitrogens is 2. The predicted molar refractivity (Wildman–Crippen MR) is 131 cm³/mol. The maximum Gasteiger partial charge on any atom is 0.263 e. The Bertz CT molecular complexity index is 1170. The van der Waals surface area contributed by atoms with Crippen molar-refractivity contribution in [2.75, 3.05) is 13.7 Å². The SMILES string of the molecule is COCCn1c(SC(C)C(=O)NCc2ccc(C)cc2)nc2sc3c(c2c1=O)CCCC3. The molecule has 1 atom stereocenters. The van der Waals surface area contributed by atoms with E-state index < -0.39 is 0 Å². The highest BCUT2D eigenvalue weighted by Gasteiger charge is 2.24. The van der Waals surface area contributed by atoms with Gasteiger partial charge in [0, 0.05) is 18.5 Å². The van der Waals surface area contributed by atoms with E-state index in [1.165, 1.54) is 27.8 Å². The third-order valence-electron chi connectivity index (χ3n) is 5.80. The molecule has 1 aromatic carbocycles. The lowest BCUT2D eigenvalue weighted by Gasteiger charge is -2.16. The highest BCUT2D eigenvalue weighted by molar-refractivity contribution is 8.00. The van der Waals surface area contributed by atoms with Crippen molar-refractivity contribution >= 4 is 39.2 Å². The van der Waals surface area contributed by atoms with Gasteiger partial charge in [-0.05, 0) is 50.7 Å². The molecule has 6 nitrogen and oxygen atoms in total. The Morgan fingerprint density at radius 3 is 2.78 bits per heavy atom. The predicted octanol–water partition coefficient (Wildman–Crippen LogP) is 4.09. The lowest BCUT2D eigenvalue weighted by molar-refractivity contribution is -0.120. The monoisotopic (exact) mass is 471 g/mol. The molecular formula is C24H29N3O3S2. The van der Waals surface area contributed by atoms with Crippen LogP contribution in [-0.2, 0) is 35.5 Å². The zero-order chi connectivity index (χ0) is 22.7. The first-order valence-corrected chi connectivity index (χ1v) is 12.7. The second-order valence-corrected chi connectivity index (χ2v) is 10.6. The van der Waals surface area contributed by atoms with E-state index in [0.29, 0.717) is 24.9 Å². The number of methoxy groups -OCH3 is 1. The van der Waals surface area contributed by atoms with Crippen LogP contribution >= 0.6 is 23.1 Å². The summed E-state index contributed by atoms with van der Waals surface area (Å²) >= 11 is 2.97. The molecule has 0 radical (unpaired) electrons. The molecule has 1 aliphatic carbocycles. The number of thiophene rings is 1. The number of amides is 1. The number of aryl methyl sites for hydroxylation is 3.